The molecule has 3 atom stereocenters. The van der Waals surface area contributed by atoms with Crippen molar-refractivity contribution in [3.63, 3.8) is 0 Å². The number of nitrogens with zero attached hydrogens (tertiary/aromatic N) is 3. The molecule has 0 aromatic heterocycles. The highest BCUT2D eigenvalue weighted by Gasteiger charge is 2.37. The molecule has 33 heavy (non-hydrogen) atoms. The average Bonchev–Trinajstić information content (AvgIpc) is 2.77. The number of aliphatic hydroxyl groups is 1. The predicted molar refractivity (Wildman–Crippen MR) is 125 cm³/mol. The molecule has 1 amide bonds. The molecule has 2 aromatic rings. The molecule has 1 aliphatic heterocycles. The third-order valence-electron chi connectivity index (χ3n) is 5.93. The molecule has 0 bridgehead atoms. The van der Waals surface area contributed by atoms with Gasteiger partial charge in [0, 0.05) is 36.8 Å². The highest BCUT2D eigenvalue weighted by atomic mass is 35.5. The predicted octanol–water partition coefficient (Wildman–Crippen LogP) is 2.61. The number of likely N-dealkylation sites (N-methyl/N-ethyl adjacent to an activating group) is 1. The molecule has 10 heteroatoms. The Morgan fingerprint density at radius 2 is 1.88 bits per heavy atom. The lowest BCUT2D eigenvalue weighted by molar-refractivity contribution is 0.0319. The van der Waals surface area contributed by atoms with Crippen LogP contribution in [0.4, 0.5) is 0 Å². The highest BCUT2D eigenvalue weighted by molar-refractivity contribution is 7.89. The van der Waals surface area contributed by atoms with Crippen molar-refractivity contribution in [1.82, 2.24) is 14.5 Å². The van der Waals surface area contributed by atoms with Gasteiger partial charge >= 0.3 is 0 Å². The number of carbonyl (C=O) groups excluding carboxylic acids is 1. The number of hydrogen-bond acceptors (Lipinski definition) is 6. The van der Waals surface area contributed by atoms with Crippen LogP contribution in [0.25, 0.3) is 0 Å². The fourth-order valence-electron chi connectivity index (χ4n) is 3.50. The molecule has 0 saturated carbocycles. The van der Waals surface area contributed by atoms with Crippen LogP contribution in [-0.4, -0.2) is 61.0 Å². The van der Waals surface area contributed by atoms with E-state index in [-0.39, 0.29) is 35.5 Å². The summed E-state index contributed by atoms with van der Waals surface area (Å²) >= 11 is 5.92. The van der Waals surface area contributed by atoms with E-state index in [1.54, 1.807) is 26.1 Å². The van der Waals surface area contributed by atoms with Crippen LogP contribution in [0.5, 0.6) is 0 Å². The Kier molecular flexibility index (Phi) is 7.77. The first-order valence-electron chi connectivity index (χ1n) is 10.5. The minimum atomic E-state index is -3.77. The van der Waals surface area contributed by atoms with Crippen LogP contribution in [0.2, 0.25) is 5.02 Å². The van der Waals surface area contributed by atoms with Gasteiger partial charge in [-0.2, -0.15) is 9.57 Å². The first kappa shape index (κ1) is 25.1. The normalized spacial score (nSPS) is 17.5. The number of sulfonamides is 1. The zero-order valence-electron chi connectivity index (χ0n) is 18.6. The maximum atomic E-state index is 13.0. The number of hydrogen-bond donors (Lipinski definition) is 2. The molecule has 1 heterocycles. The zero-order valence-corrected chi connectivity index (χ0v) is 20.2. The molecule has 3 rings (SSSR count). The summed E-state index contributed by atoms with van der Waals surface area (Å²) in [6.07, 6.45) is -1.03. The number of aliphatic hydroxyl groups excluding tert-OH is 1. The second kappa shape index (κ2) is 10.2. The SMILES string of the molecule is CC(NC(O)[C@@H](C)N(C)C(=O)c1cccc(S(=O)(=O)N2CC(C#N)C2)c1)c1ccc(Cl)cc1. The van der Waals surface area contributed by atoms with Gasteiger partial charge in [0.1, 0.15) is 6.23 Å². The Morgan fingerprint density at radius 1 is 1.24 bits per heavy atom. The Labute approximate surface area is 199 Å². The highest BCUT2D eigenvalue weighted by Crippen LogP contribution is 2.25. The Hall–Kier alpha value is -2.48. The molecule has 1 aliphatic rings. The number of rotatable bonds is 8. The molecule has 8 nitrogen and oxygen atoms in total. The van der Waals surface area contributed by atoms with Crippen LogP contribution in [0.1, 0.15) is 35.8 Å². The van der Waals surface area contributed by atoms with E-state index in [0.29, 0.717) is 5.02 Å². The fourth-order valence-corrected chi connectivity index (χ4v) is 5.20. The number of nitrogens with one attached hydrogen (secondary N) is 1. The summed E-state index contributed by atoms with van der Waals surface area (Å²) in [4.78, 5) is 14.4. The monoisotopic (exact) mass is 490 g/mol. The standard InChI is InChI=1S/C23H27ClN4O4S/c1-15(18-7-9-20(24)10-8-18)26-22(29)16(2)27(3)23(30)19-5-4-6-21(11-19)33(31,32)28-13-17(12-25)14-28/h4-11,15-17,22,26,29H,13-14H2,1-3H3/t15?,16-,22?/m1/s1. The minimum absolute atomic E-state index is 0.000766. The summed E-state index contributed by atoms with van der Waals surface area (Å²) in [6.45, 7) is 3.89. The van der Waals surface area contributed by atoms with Gasteiger partial charge in [0.15, 0.2) is 0 Å². The first-order chi connectivity index (χ1) is 15.5. The smallest absolute Gasteiger partial charge is 0.254 e. The minimum Gasteiger partial charge on any atom is -0.376 e. The summed E-state index contributed by atoms with van der Waals surface area (Å²) in [5, 5.41) is 23.2. The van der Waals surface area contributed by atoms with Gasteiger partial charge < -0.3 is 10.0 Å². The van der Waals surface area contributed by atoms with Crippen molar-refractivity contribution in [3.8, 4) is 6.07 Å². The van der Waals surface area contributed by atoms with Crippen molar-refractivity contribution in [1.29, 1.82) is 5.26 Å². The molecule has 2 N–H and O–H groups in total. The molecule has 0 spiro atoms. The number of halogens is 1. The van der Waals surface area contributed by atoms with Crippen LogP contribution in [0, 0.1) is 17.2 Å². The summed E-state index contributed by atoms with van der Waals surface area (Å²) in [7, 11) is -2.22. The van der Waals surface area contributed by atoms with Gasteiger partial charge in [0.2, 0.25) is 10.0 Å². The van der Waals surface area contributed by atoms with E-state index in [1.807, 2.05) is 25.1 Å². The molecular weight excluding hydrogens is 464 g/mol. The molecule has 0 radical (unpaired) electrons. The van der Waals surface area contributed by atoms with Gasteiger partial charge in [0.05, 0.1) is 22.9 Å². The summed E-state index contributed by atoms with van der Waals surface area (Å²) < 4.78 is 26.8. The van der Waals surface area contributed by atoms with Crippen molar-refractivity contribution in [2.24, 2.45) is 5.92 Å². The number of carbonyl (C=O) groups is 1. The zero-order chi connectivity index (χ0) is 24.3. The lowest BCUT2D eigenvalue weighted by Crippen LogP contribution is -2.50. The second-order valence-electron chi connectivity index (χ2n) is 8.22. The van der Waals surface area contributed by atoms with Crippen molar-refractivity contribution < 1.29 is 18.3 Å². The summed E-state index contributed by atoms with van der Waals surface area (Å²) in [5.74, 6) is -0.723. The van der Waals surface area contributed by atoms with Crippen molar-refractivity contribution in [2.75, 3.05) is 20.1 Å². The first-order valence-corrected chi connectivity index (χ1v) is 12.3. The molecule has 2 aromatic carbocycles. The van der Waals surface area contributed by atoms with E-state index in [1.165, 1.54) is 33.5 Å². The Balaban J connectivity index is 1.68. The van der Waals surface area contributed by atoms with Crippen molar-refractivity contribution in [3.05, 3.63) is 64.7 Å². The molecule has 1 fully saturated rings. The third-order valence-corrected chi connectivity index (χ3v) is 8.01. The van der Waals surface area contributed by atoms with Crippen LogP contribution < -0.4 is 5.32 Å². The van der Waals surface area contributed by atoms with Crippen molar-refractivity contribution in [2.45, 2.75) is 37.1 Å². The third kappa shape index (κ3) is 5.54. The van der Waals surface area contributed by atoms with E-state index in [0.717, 1.165) is 5.56 Å². The van der Waals surface area contributed by atoms with Gasteiger partial charge in [-0.15, -0.1) is 0 Å². The lowest BCUT2D eigenvalue weighted by atomic mass is 10.1. The summed E-state index contributed by atoms with van der Waals surface area (Å²) in [6, 6.07) is 14.3. The number of amides is 1. The van der Waals surface area contributed by atoms with Gasteiger partial charge in [-0.25, -0.2) is 8.42 Å². The summed E-state index contributed by atoms with van der Waals surface area (Å²) in [5.41, 5.74) is 1.13. The van der Waals surface area contributed by atoms with E-state index < -0.39 is 28.2 Å². The van der Waals surface area contributed by atoms with Crippen LogP contribution >= 0.6 is 11.6 Å². The van der Waals surface area contributed by atoms with Crippen molar-refractivity contribution >= 4 is 27.5 Å². The number of nitriles is 1. The molecule has 0 aliphatic carbocycles. The van der Waals surface area contributed by atoms with Crippen LogP contribution in [-0.2, 0) is 10.0 Å². The van der Waals surface area contributed by atoms with E-state index in [2.05, 4.69) is 5.32 Å². The average molecular weight is 491 g/mol. The Bertz CT molecular complexity index is 1140. The topological polar surface area (TPSA) is 114 Å². The molecular formula is C23H27ClN4O4S. The van der Waals surface area contributed by atoms with E-state index in [4.69, 9.17) is 16.9 Å². The molecule has 1 saturated heterocycles. The molecule has 2 unspecified atom stereocenters. The molecule has 176 valence electrons. The maximum absolute atomic E-state index is 13.0. The van der Waals surface area contributed by atoms with E-state index in [9.17, 15) is 18.3 Å². The van der Waals surface area contributed by atoms with Crippen LogP contribution in [0.3, 0.4) is 0 Å². The van der Waals surface area contributed by atoms with Crippen LogP contribution in [0.15, 0.2) is 53.4 Å². The Morgan fingerprint density at radius 3 is 2.48 bits per heavy atom. The fraction of sp³-hybridized carbons (Fsp3) is 0.391. The number of benzene rings is 2. The van der Waals surface area contributed by atoms with Gasteiger partial charge in [-0.1, -0.05) is 29.8 Å². The second-order valence-corrected chi connectivity index (χ2v) is 10.6. The van der Waals surface area contributed by atoms with Gasteiger partial charge in [0.25, 0.3) is 5.91 Å². The van der Waals surface area contributed by atoms with E-state index >= 15 is 0 Å². The largest absolute Gasteiger partial charge is 0.376 e. The maximum Gasteiger partial charge on any atom is 0.254 e. The quantitative estimate of drug-likeness (QED) is 0.550. The van der Waals surface area contributed by atoms with Gasteiger partial charge in [-0.05, 0) is 49.7 Å². The lowest BCUT2D eigenvalue weighted by Gasteiger charge is -2.34. The van der Waals surface area contributed by atoms with Gasteiger partial charge in [-0.3, -0.25) is 10.1 Å².